The normalized spacial score (nSPS) is 12.1. The summed E-state index contributed by atoms with van der Waals surface area (Å²) in [5, 5.41) is 13.5. The van der Waals surface area contributed by atoms with Crippen molar-refractivity contribution < 1.29 is 8.83 Å². The Hall–Kier alpha value is -9.39. The van der Waals surface area contributed by atoms with Crippen LogP contribution in [0.1, 0.15) is 0 Å². The highest BCUT2D eigenvalue weighted by Gasteiger charge is 2.22. The first-order valence-electron chi connectivity index (χ1n) is 23.2. The molecule has 4 aromatic heterocycles. The van der Waals surface area contributed by atoms with Crippen LogP contribution in [0.25, 0.3) is 149 Å². The lowest BCUT2D eigenvalue weighted by Crippen LogP contribution is -2.01. The van der Waals surface area contributed by atoms with E-state index in [1.807, 2.05) is 48.5 Å². The molecule has 69 heavy (non-hydrogen) atoms. The Balaban J connectivity index is 0.995. The summed E-state index contributed by atoms with van der Waals surface area (Å²) in [7, 11) is 0. The summed E-state index contributed by atoms with van der Waals surface area (Å²) in [6.45, 7) is 0. The number of benzene rings is 11. The van der Waals surface area contributed by atoms with Gasteiger partial charge in [-0.25, -0.2) is 15.0 Å². The van der Waals surface area contributed by atoms with Gasteiger partial charge >= 0.3 is 0 Å². The molecule has 0 saturated carbocycles. The minimum Gasteiger partial charge on any atom is -0.456 e. The van der Waals surface area contributed by atoms with Crippen molar-refractivity contribution in [2.45, 2.75) is 0 Å². The number of aromatic nitrogens is 4. The van der Waals surface area contributed by atoms with E-state index in [0.717, 1.165) is 99.2 Å². The SMILES string of the molecule is c1ccc(-c2ccc(-c3nc(-c4ccc5oc6ccccc6c5c4)nc(-c4cc5oc6ccccc6c5c5cc(-n6c7cc8ccccc8cc7c7c8ccccc8ccc76)ccc45)n3)cc2)cc1. The molecule has 320 valence electrons. The van der Waals surface area contributed by atoms with Gasteiger partial charge in [0.25, 0.3) is 0 Å². The monoisotopic (exact) mass is 880 g/mol. The highest BCUT2D eigenvalue weighted by Crippen LogP contribution is 2.44. The van der Waals surface area contributed by atoms with Gasteiger partial charge in [0.15, 0.2) is 17.5 Å². The zero-order valence-electron chi connectivity index (χ0n) is 36.9. The Morgan fingerprint density at radius 3 is 1.72 bits per heavy atom. The highest BCUT2D eigenvalue weighted by atomic mass is 16.3. The van der Waals surface area contributed by atoms with Crippen LogP contribution in [0.4, 0.5) is 0 Å². The molecule has 0 fully saturated rings. The predicted octanol–water partition coefficient (Wildman–Crippen LogP) is 16.9. The lowest BCUT2D eigenvalue weighted by atomic mass is 9.97. The second-order valence-electron chi connectivity index (χ2n) is 17.9. The van der Waals surface area contributed by atoms with Gasteiger partial charge in [0, 0.05) is 54.7 Å². The van der Waals surface area contributed by atoms with Crippen LogP contribution in [0.5, 0.6) is 0 Å². The molecular weight excluding hydrogens is 845 g/mol. The summed E-state index contributed by atoms with van der Waals surface area (Å²) >= 11 is 0. The number of hydrogen-bond acceptors (Lipinski definition) is 5. The van der Waals surface area contributed by atoms with Gasteiger partial charge in [0.2, 0.25) is 0 Å². The van der Waals surface area contributed by atoms with Crippen LogP contribution >= 0.6 is 0 Å². The van der Waals surface area contributed by atoms with Gasteiger partial charge in [0.05, 0.1) is 11.0 Å². The van der Waals surface area contributed by atoms with E-state index >= 15 is 0 Å². The third-order valence-electron chi connectivity index (χ3n) is 14.0. The topological polar surface area (TPSA) is 69.9 Å². The molecule has 0 unspecified atom stereocenters. The van der Waals surface area contributed by atoms with Gasteiger partial charge in [-0.05, 0) is 110 Å². The van der Waals surface area contributed by atoms with E-state index in [1.54, 1.807) is 0 Å². The van der Waals surface area contributed by atoms with E-state index in [9.17, 15) is 0 Å². The van der Waals surface area contributed by atoms with E-state index in [4.69, 9.17) is 23.8 Å². The Kier molecular flexibility index (Phi) is 7.97. The molecule has 0 aliphatic carbocycles. The maximum Gasteiger partial charge on any atom is 0.164 e. The fourth-order valence-corrected chi connectivity index (χ4v) is 10.8. The van der Waals surface area contributed by atoms with E-state index < -0.39 is 0 Å². The van der Waals surface area contributed by atoms with Crippen molar-refractivity contribution in [3.63, 3.8) is 0 Å². The van der Waals surface area contributed by atoms with Crippen LogP contribution in [0.15, 0.2) is 227 Å². The highest BCUT2D eigenvalue weighted by molar-refractivity contribution is 6.25. The zero-order valence-corrected chi connectivity index (χ0v) is 36.9. The molecule has 0 radical (unpaired) electrons. The second kappa shape index (κ2) is 14.6. The standard InChI is InChI=1S/C63H36N4O2/c1-2-12-37(13-3-1)38-22-24-40(25-23-38)61-64-62(43-27-31-57-49(33-43)47-18-8-10-20-55(47)68-57)66-63(65-61)51-36-58-60(48-19-9-11-21-56(48)69-58)50-35-44(28-29-46(50)51)67-53-30-26-39-14-6-7-17-45(39)59(53)52-32-41-15-4-5-16-42(41)34-54(52)67/h1-36H. The number of para-hydroxylation sites is 2. The van der Waals surface area contributed by atoms with Gasteiger partial charge < -0.3 is 13.4 Å². The molecule has 11 aromatic carbocycles. The van der Waals surface area contributed by atoms with Gasteiger partial charge in [-0.15, -0.1) is 0 Å². The lowest BCUT2D eigenvalue weighted by Gasteiger charge is -2.14. The van der Waals surface area contributed by atoms with E-state index in [1.165, 1.54) is 32.3 Å². The lowest BCUT2D eigenvalue weighted by molar-refractivity contribution is 0.668. The van der Waals surface area contributed by atoms with Crippen LogP contribution in [0.2, 0.25) is 0 Å². The summed E-state index contributed by atoms with van der Waals surface area (Å²) < 4.78 is 15.4. The molecule has 15 rings (SSSR count). The molecule has 0 atom stereocenters. The van der Waals surface area contributed by atoms with Gasteiger partial charge in [-0.1, -0.05) is 152 Å². The van der Waals surface area contributed by atoms with Gasteiger partial charge in [-0.3, -0.25) is 0 Å². The summed E-state index contributed by atoms with van der Waals surface area (Å²) in [6.07, 6.45) is 0. The van der Waals surface area contributed by atoms with Crippen LogP contribution < -0.4 is 0 Å². The van der Waals surface area contributed by atoms with E-state index in [2.05, 4.69) is 174 Å². The molecule has 0 amide bonds. The molecule has 6 nitrogen and oxygen atoms in total. The fourth-order valence-electron chi connectivity index (χ4n) is 10.8. The molecule has 0 aliphatic rings. The predicted molar refractivity (Wildman–Crippen MR) is 283 cm³/mol. The third-order valence-corrected chi connectivity index (χ3v) is 14.0. The van der Waals surface area contributed by atoms with Crippen molar-refractivity contribution in [3.05, 3.63) is 218 Å². The second-order valence-corrected chi connectivity index (χ2v) is 17.9. The van der Waals surface area contributed by atoms with Crippen LogP contribution in [-0.4, -0.2) is 19.5 Å². The van der Waals surface area contributed by atoms with Crippen molar-refractivity contribution in [1.29, 1.82) is 0 Å². The maximum atomic E-state index is 6.77. The number of furan rings is 2. The number of nitrogens with zero attached hydrogens (tertiary/aromatic N) is 4. The smallest absolute Gasteiger partial charge is 0.164 e. The van der Waals surface area contributed by atoms with Crippen LogP contribution in [-0.2, 0) is 0 Å². The molecule has 0 aliphatic heterocycles. The molecule has 0 N–H and O–H groups in total. The Labute approximate surface area is 394 Å². The number of hydrogen-bond donors (Lipinski definition) is 0. The minimum atomic E-state index is 0.550. The largest absolute Gasteiger partial charge is 0.456 e. The molecule has 0 spiro atoms. The molecule has 6 heteroatoms. The van der Waals surface area contributed by atoms with Crippen molar-refractivity contribution in [3.8, 4) is 51.0 Å². The first-order chi connectivity index (χ1) is 34.2. The van der Waals surface area contributed by atoms with Crippen molar-refractivity contribution in [2.75, 3.05) is 0 Å². The molecule has 15 aromatic rings. The first-order valence-corrected chi connectivity index (χ1v) is 23.2. The number of rotatable bonds is 5. The van der Waals surface area contributed by atoms with E-state index in [-0.39, 0.29) is 0 Å². The Morgan fingerprint density at radius 1 is 0.290 bits per heavy atom. The van der Waals surface area contributed by atoms with Crippen molar-refractivity contribution in [1.82, 2.24) is 19.5 Å². The summed E-state index contributed by atoms with van der Waals surface area (Å²) in [4.78, 5) is 15.9. The summed E-state index contributed by atoms with van der Waals surface area (Å²) in [5.74, 6) is 1.69. The molecule has 0 saturated heterocycles. The van der Waals surface area contributed by atoms with E-state index in [0.29, 0.717) is 17.5 Å². The first kappa shape index (κ1) is 37.8. The third kappa shape index (κ3) is 5.82. The van der Waals surface area contributed by atoms with Crippen LogP contribution in [0, 0.1) is 0 Å². The molecule has 0 bridgehead atoms. The van der Waals surface area contributed by atoms with Crippen LogP contribution in [0.3, 0.4) is 0 Å². The van der Waals surface area contributed by atoms with Gasteiger partial charge in [-0.2, -0.15) is 0 Å². The fraction of sp³-hybridized carbons (Fsp3) is 0. The maximum absolute atomic E-state index is 6.77. The minimum absolute atomic E-state index is 0.550. The van der Waals surface area contributed by atoms with Crippen molar-refractivity contribution >= 4 is 98.0 Å². The quantitative estimate of drug-likeness (QED) is 0.172. The summed E-state index contributed by atoms with van der Waals surface area (Å²) in [5.41, 5.74) is 11.4. The molecular formula is C63H36N4O2. The average molecular weight is 881 g/mol. The Bertz CT molecular complexity index is 4600. The number of fused-ring (bicyclic) bond motifs is 14. The zero-order chi connectivity index (χ0) is 45.2. The van der Waals surface area contributed by atoms with Crippen molar-refractivity contribution in [2.24, 2.45) is 0 Å². The summed E-state index contributed by atoms with van der Waals surface area (Å²) in [6, 6.07) is 77.0. The average Bonchev–Trinajstić information content (AvgIpc) is 4.09. The Morgan fingerprint density at radius 2 is 0.899 bits per heavy atom. The van der Waals surface area contributed by atoms with Gasteiger partial charge in [0.1, 0.15) is 22.3 Å². The molecule has 4 heterocycles.